The number of nitrogens with zero attached hydrogens (tertiary/aromatic N) is 1. The molecule has 0 aliphatic carbocycles. The predicted molar refractivity (Wildman–Crippen MR) is 92.9 cm³/mol. The van der Waals surface area contributed by atoms with Crippen LogP contribution in [0.2, 0.25) is 0 Å². The van der Waals surface area contributed by atoms with Crippen LogP contribution in [0.1, 0.15) is 18.4 Å². The van der Waals surface area contributed by atoms with Gasteiger partial charge in [-0.2, -0.15) is 0 Å². The summed E-state index contributed by atoms with van der Waals surface area (Å²) in [4.78, 5) is 4.55. The van der Waals surface area contributed by atoms with E-state index in [1.54, 1.807) is 7.11 Å². The number of ether oxygens (including phenoxy) is 2. The number of benzene rings is 1. The fraction of sp³-hybridized carbons (Fsp3) is 0.588. The number of guanidine groups is 1. The van der Waals surface area contributed by atoms with Gasteiger partial charge in [0.2, 0.25) is 0 Å². The molecule has 6 nitrogen and oxygen atoms in total. The van der Waals surface area contributed by atoms with Gasteiger partial charge in [-0.3, -0.25) is 4.99 Å². The Kier molecular flexibility index (Phi) is 10.9. The molecule has 0 saturated carbocycles. The third-order valence-corrected chi connectivity index (χ3v) is 3.28. The lowest BCUT2D eigenvalue weighted by molar-refractivity contribution is 0.0733. The van der Waals surface area contributed by atoms with Crippen molar-refractivity contribution in [3.63, 3.8) is 0 Å². The Labute approximate surface area is 138 Å². The molecule has 1 unspecified atom stereocenters. The lowest BCUT2D eigenvalue weighted by Gasteiger charge is -2.15. The Bertz CT molecular complexity index is 426. The second-order valence-electron chi connectivity index (χ2n) is 5.04. The van der Waals surface area contributed by atoms with Crippen molar-refractivity contribution in [1.82, 2.24) is 10.6 Å². The maximum absolute atomic E-state index is 9.58. The Hall–Kier alpha value is -1.63. The molecule has 130 valence electrons. The summed E-state index contributed by atoms with van der Waals surface area (Å²) in [6, 6.07) is 9.95. The van der Waals surface area contributed by atoms with Crippen molar-refractivity contribution in [2.75, 3.05) is 53.2 Å². The van der Waals surface area contributed by atoms with E-state index in [0.29, 0.717) is 32.9 Å². The summed E-state index contributed by atoms with van der Waals surface area (Å²) in [5.74, 6) is 0.738. The minimum Gasteiger partial charge on any atom is -0.396 e. The summed E-state index contributed by atoms with van der Waals surface area (Å²) in [6.45, 7) is 5.86. The molecule has 0 aliphatic heterocycles. The number of methoxy groups -OCH3 is 1. The van der Waals surface area contributed by atoms with E-state index in [1.165, 1.54) is 0 Å². The average molecular weight is 323 g/mol. The number of rotatable bonds is 11. The van der Waals surface area contributed by atoms with Gasteiger partial charge in [0, 0.05) is 26.1 Å². The molecular formula is C17H29N3O3. The zero-order valence-electron chi connectivity index (χ0n) is 14.1. The van der Waals surface area contributed by atoms with Crippen molar-refractivity contribution < 1.29 is 14.6 Å². The van der Waals surface area contributed by atoms with Crippen LogP contribution < -0.4 is 10.6 Å². The van der Waals surface area contributed by atoms with Crippen LogP contribution >= 0.6 is 0 Å². The Balaban J connectivity index is 2.43. The van der Waals surface area contributed by atoms with Gasteiger partial charge in [0.25, 0.3) is 0 Å². The molecule has 6 heteroatoms. The highest BCUT2D eigenvalue weighted by atomic mass is 16.5. The molecule has 0 radical (unpaired) electrons. The van der Waals surface area contributed by atoms with Crippen LogP contribution in [0.4, 0.5) is 0 Å². The maximum Gasteiger partial charge on any atom is 0.191 e. The summed E-state index contributed by atoms with van der Waals surface area (Å²) >= 11 is 0. The zero-order valence-corrected chi connectivity index (χ0v) is 14.1. The van der Waals surface area contributed by atoms with Crippen LogP contribution in [-0.4, -0.2) is 64.2 Å². The molecule has 0 aromatic heterocycles. The lowest BCUT2D eigenvalue weighted by atomic mass is 10.0. The molecule has 1 rings (SSSR count). The molecule has 0 amide bonds. The highest BCUT2D eigenvalue weighted by molar-refractivity contribution is 5.79. The van der Waals surface area contributed by atoms with Crippen LogP contribution in [0.25, 0.3) is 0 Å². The van der Waals surface area contributed by atoms with Gasteiger partial charge in [-0.1, -0.05) is 30.3 Å². The lowest BCUT2D eigenvalue weighted by Crippen LogP contribution is -2.39. The first kappa shape index (κ1) is 19.4. The van der Waals surface area contributed by atoms with Gasteiger partial charge in [-0.05, 0) is 12.5 Å². The molecule has 0 heterocycles. The Morgan fingerprint density at radius 2 is 1.96 bits per heavy atom. The minimum absolute atomic E-state index is 0.00427. The van der Waals surface area contributed by atoms with Gasteiger partial charge < -0.3 is 25.2 Å². The molecule has 23 heavy (non-hydrogen) atoms. The van der Waals surface area contributed by atoms with Crippen LogP contribution in [0, 0.1) is 0 Å². The fourth-order valence-electron chi connectivity index (χ4n) is 2.02. The minimum atomic E-state index is 0.00427. The molecule has 0 aliphatic rings. The molecular weight excluding hydrogens is 294 g/mol. The van der Waals surface area contributed by atoms with Crippen molar-refractivity contribution in [2.24, 2.45) is 4.99 Å². The number of hydrogen-bond acceptors (Lipinski definition) is 4. The zero-order chi connectivity index (χ0) is 16.8. The van der Waals surface area contributed by atoms with Gasteiger partial charge in [0.15, 0.2) is 5.96 Å². The number of aliphatic hydroxyl groups is 1. The molecule has 3 N–H and O–H groups in total. The van der Waals surface area contributed by atoms with Crippen molar-refractivity contribution in [1.29, 1.82) is 0 Å². The van der Waals surface area contributed by atoms with E-state index in [0.717, 1.165) is 18.1 Å². The molecule has 1 atom stereocenters. The van der Waals surface area contributed by atoms with Crippen LogP contribution in [0.5, 0.6) is 0 Å². The van der Waals surface area contributed by atoms with Gasteiger partial charge in [0.05, 0.1) is 33.0 Å². The third kappa shape index (κ3) is 8.54. The van der Waals surface area contributed by atoms with E-state index < -0.39 is 0 Å². The topological polar surface area (TPSA) is 75.1 Å². The molecule has 0 spiro atoms. The van der Waals surface area contributed by atoms with Crippen molar-refractivity contribution in [2.45, 2.75) is 12.8 Å². The first-order valence-corrected chi connectivity index (χ1v) is 8.06. The van der Waals surface area contributed by atoms with Crippen LogP contribution in [0.3, 0.4) is 0 Å². The van der Waals surface area contributed by atoms with Gasteiger partial charge >= 0.3 is 0 Å². The van der Waals surface area contributed by atoms with Gasteiger partial charge in [-0.15, -0.1) is 0 Å². The Morgan fingerprint density at radius 3 is 2.61 bits per heavy atom. The van der Waals surface area contributed by atoms with E-state index in [1.807, 2.05) is 37.3 Å². The van der Waals surface area contributed by atoms with Crippen molar-refractivity contribution in [3.05, 3.63) is 35.9 Å². The second-order valence-corrected chi connectivity index (χ2v) is 5.04. The first-order valence-electron chi connectivity index (χ1n) is 8.06. The van der Waals surface area contributed by atoms with Gasteiger partial charge in [-0.25, -0.2) is 0 Å². The highest BCUT2D eigenvalue weighted by Crippen LogP contribution is 2.14. The summed E-state index contributed by atoms with van der Waals surface area (Å²) in [5.41, 5.74) is 1.09. The first-order chi connectivity index (χ1) is 11.3. The van der Waals surface area contributed by atoms with Crippen LogP contribution in [0.15, 0.2) is 35.3 Å². The van der Waals surface area contributed by atoms with Gasteiger partial charge in [0.1, 0.15) is 0 Å². The predicted octanol–water partition coefficient (Wildman–Crippen LogP) is 0.981. The maximum atomic E-state index is 9.58. The van der Waals surface area contributed by atoms with E-state index in [2.05, 4.69) is 15.6 Å². The average Bonchev–Trinajstić information content (AvgIpc) is 2.59. The fourth-order valence-corrected chi connectivity index (χ4v) is 2.02. The summed E-state index contributed by atoms with van der Waals surface area (Å²) in [6.07, 6.45) is 0. The van der Waals surface area contributed by atoms with E-state index in [9.17, 15) is 5.11 Å². The summed E-state index contributed by atoms with van der Waals surface area (Å²) < 4.78 is 10.3. The molecule has 1 aromatic rings. The van der Waals surface area contributed by atoms with E-state index in [-0.39, 0.29) is 12.5 Å². The monoisotopic (exact) mass is 323 g/mol. The van der Waals surface area contributed by atoms with E-state index in [4.69, 9.17) is 9.47 Å². The smallest absolute Gasteiger partial charge is 0.191 e. The molecule has 0 fully saturated rings. The number of aliphatic hydroxyl groups excluding tert-OH is 1. The third-order valence-electron chi connectivity index (χ3n) is 3.28. The normalized spacial score (nSPS) is 12.9. The quantitative estimate of drug-likeness (QED) is 0.322. The summed E-state index contributed by atoms with van der Waals surface area (Å²) in [7, 11) is 1.65. The molecule has 0 saturated heterocycles. The SMILES string of the molecule is CCNC(=NCC(CO)c1ccccc1)NCCOCCOC. The number of aliphatic imine (C=N–C) groups is 1. The summed E-state index contributed by atoms with van der Waals surface area (Å²) in [5, 5.41) is 16.0. The molecule has 1 aromatic carbocycles. The second kappa shape index (κ2) is 12.9. The van der Waals surface area contributed by atoms with Crippen molar-refractivity contribution >= 4 is 5.96 Å². The van der Waals surface area contributed by atoms with E-state index >= 15 is 0 Å². The number of hydrogen-bond donors (Lipinski definition) is 3. The standard InChI is InChI=1S/C17H29N3O3/c1-3-18-17(19-9-10-23-12-11-22-2)20-13-16(14-21)15-7-5-4-6-8-15/h4-8,16,21H,3,9-14H2,1-2H3,(H2,18,19,20). The highest BCUT2D eigenvalue weighted by Gasteiger charge is 2.09. The number of nitrogens with one attached hydrogen (secondary N) is 2. The largest absolute Gasteiger partial charge is 0.396 e. The Morgan fingerprint density at radius 1 is 1.17 bits per heavy atom. The van der Waals surface area contributed by atoms with Crippen molar-refractivity contribution in [3.8, 4) is 0 Å². The van der Waals surface area contributed by atoms with Crippen LogP contribution in [-0.2, 0) is 9.47 Å². The molecule has 0 bridgehead atoms.